The molecule has 1 N–H and O–H groups in total. The standard InChI is InChI=1S/C25H38N2O4/c1-18(2)15-16-26-22(28)14-13-21-20(17-19-11-9-8-10-12-19)27(25(6,7)30-21)23(29)31-24(3,4)5/h8-14,18,20-21H,15-17H2,1-7H3,(H,26,28)/b14-13+. The molecule has 1 aliphatic rings. The second-order valence-electron chi connectivity index (χ2n) is 9.97. The second kappa shape index (κ2) is 10.3. The maximum Gasteiger partial charge on any atom is 0.412 e. The van der Waals surface area contributed by atoms with Crippen molar-refractivity contribution in [1.29, 1.82) is 0 Å². The zero-order valence-electron chi connectivity index (χ0n) is 20.0. The lowest BCUT2D eigenvalue weighted by Gasteiger charge is -2.35. The first-order valence-corrected chi connectivity index (χ1v) is 11.1. The van der Waals surface area contributed by atoms with Crippen LogP contribution in [0.4, 0.5) is 4.79 Å². The summed E-state index contributed by atoms with van der Waals surface area (Å²) in [7, 11) is 0. The van der Waals surface area contributed by atoms with E-state index < -0.39 is 23.5 Å². The van der Waals surface area contributed by atoms with Gasteiger partial charge in [-0.3, -0.25) is 9.69 Å². The third-order valence-electron chi connectivity index (χ3n) is 5.05. The predicted molar refractivity (Wildman–Crippen MR) is 123 cm³/mol. The summed E-state index contributed by atoms with van der Waals surface area (Å²) in [6.07, 6.45) is 3.93. The van der Waals surface area contributed by atoms with Crippen molar-refractivity contribution in [1.82, 2.24) is 10.2 Å². The van der Waals surface area contributed by atoms with Crippen LogP contribution in [0.5, 0.6) is 0 Å². The third kappa shape index (κ3) is 7.69. The minimum atomic E-state index is -0.870. The van der Waals surface area contributed by atoms with Gasteiger partial charge in [-0.1, -0.05) is 44.2 Å². The van der Waals surface area contributed by atoms with E-state index in [1.54, 1.807) is 11.0 Å². The van der Waals surface area contributed by atoms with Gasteiger partial charge in [-0.2, -0.15) is 0 Å². The molecule has 31 heavy (non-hydrogen) atoms. The summed E-state index contributed by atoms with van der Waals surface area (Å²) >= 11 is 0. The van der Waals surface area contributed by atoms with Gasteiger partial charge in [-0.05, 0) is 65.0 Å². The molecule has 6 heteroatoms. The van der Waals surface area contributed by atoms with Crippen molar-refractivity contribution < 1.29 is 19.1 Å². The van der Waals surface area contributed by atoms with Gasteiger partial charge in [-0.15, -0.1) is 0 Å². The lowest BCUT2D eigenvalue weighted by Crippen LogP contribution is -2.50. The van der Waals surface area contributed by atoms with Gasteiger partial charge in [0.25, 0.3) is 0 Å². The molecular formula is C25H38N2O4. The smallest absolute Gasteiger partial charge is 0.412 e. The quantitative estimate of drug-likeness (QED) is 0.638. The Morgan fingerprint density at radius 1 is 1.23 bits per heavy atom. The van der Waals surface area contributed by atoms with Crippen LogP contribution in [0.15, 0.2) is 42.5 Å². The molecule has 1 fully saturated rings. The highest BCUT2D eigenvalue weighted by Gasteiger charge is 2.50. The van der Waals surface area contributed by atoms with E-state index in [1.807, 2.05) is 65.0 Å². The van der Waals surface area contributed by atoms with Crippen LogP contribution in [0.25, 0.3) is 0 Å². The lowest BCUT2D eigenvalue weighted by atomic mass is 10.00. The van der Waals surface area contributed by atoms with Crippen LogP contribution in [-0.4, -0.2) is 46.9 Å². The van der Waals surface area contributed by atoms with Crippen molar-refractivity contribution in [3.8, 4) is 0 Å². The summed E-state index contributed by atoms with van der Waals surface area (Å²) in [6.45, 7) is 14.1. The molecule has 1 saturated heterocycles. The molecule has 0 aromatic heterocycles. The summed E-state index contributed by atoms with van der Waals surface area (Å²) in [4.78, 5) is 27.0. The van der Waals surface area contributed by atoms with E-state index in [1.165, 1.54) is 6.08 Å². The fourth-order valence-corrected chi connectivity index (χ4v) is 3.64. The molecule has 0 bridgehead atoms. The summed E-state index contributed by atoms with van der Waals surface area (Å²) < 4.78 is 11.9. The average molecular weight is 431 g/mol. The molecule has 0 aliphatic carbocycles. The number of nitrogens with zero attached hydrogens (tertiary/aromatic N) is 1. The van der Waals surface area contributed by atoms with Crippen molar-refractivity contribution in [2.75, 3.05) is 6.54 Å². The number of carbonyl (C=O) groups is 2. The van der Waals surface area contributed by atoms with Gasteiger partial charge >= 0.3 is 6.09 Å². The van der Waals surface area contributed by atoms with E-state index in [9.17, 15) is 9.59 Å². The van der Waals surface area contributed by atoms with E-state index in [4.69, 9.17) is 9.47 Å². The maximum absolute atomic E-state index is 13.1. The second-order valence-corrected chi connectivity index (χ2v) is 9.97. The van der Waals surface area contributed by atoms with Crippen LogP contribution < -0.4 is 5.32 Å². The van der Waals surface area contributed by atoms with Crippen LogP contribution >= 0.6 is 0 Å². The van der Waals surface area contributed by atoms with Gasteiger partial charge in [0, 0.05) is 12.6 Å². The Balaban J connectivity index is 2.23. The first kappa shape index (κ1) is 24.9. The summed E-state index contributed by atoms with van der Waals surface area (Å²) in [5.41, 5.74) is -0.401. The van der Waals surface area contributed by atoms with Crippen molar-refractivity contribution in [2.24, 2.45) is 5.92 Å². The van der Waals surface area contributed by atoms with Crippen LogP contribution in [0, 0.1) is 5.92 Å². The zero-order valence-corrected chi connectivity index (χ0v) is 20.0. The minimum absolute atomic E-state index is 0.156. The number of rotatable bonds is 7. The number of hydrogen-bond acceptors (Lipinski definition) is 4. The number of amides is 2. The largest absolute Gasteiger partial charge is 0.444 e. The van der Waals surface area contributed by atoms with Crippen LogP contribution in [-0.2, 0) is 20.7 Å². The summed E-state index contributed by atoms with van der Waals surface area (Å²) in [6, 6.07) is 9.66. The Kier molecular flexibility index (Phi) is 8.29. The Morgan fingerprint density at radius 2 is 1.87 bits per heavy atom. The highest BCUT2D eigenvalue weighted by atomic mass is 16.6. The van der Waals surface area contributed by atoms with Crippen LogP contribution in [0.3, 0.4) is 0 Å². The van der Waals surface area contributed by atoms with E-state index in [0.717, 1.165) is 12.0 Å². The number of hydrogen-bond donors (Lipinski definition) is 1. The monoisotopic (exact) mass is 430 g/mol. The van der Waals surface area contributed by atoms with Crippen molar-refractivity contribution >= 4 is 12.0 Å². The topological polar surface area (TPSA) is 67.9 Å². The molecule has 0 radical (unpaired) electrons. The molecule has 1 aromatic carbocycles. The van der Waals surface area contributed by atoms with Gasteiger partial charge in [0.2, 0.25) is 5.91 Å². The fraction of sp³-hybridized carbons (Fsp3) is 0.600. The third-order valence-corrected chi connectivity index (χ3v) is 5.05. The van der Waals surface area contributed by atoms with Crippen molar-refractivity contribution in [3.63, 3.8) is 0 Å². The molecule has 1 aromatic rings. The first-order valence-electron chi connectivity index (χ1n) is 11.1. The Morgan fingerprint density at radius 3 is 2.45 bits per heavy atom. The molecule has 2 unspecified atom stereocenters. The molecule has 2 amide bonds. The van der Waals surface area contributed by atoms with Gasteiger partial charge in [0.05, 0.1) is 12.1 Å². The van der Waals surface area contributed by atoms with E-state index in [0.29, 0.717) is 18.9 Å². The summed E-state index contributed by atoms with van der Waals surface area (Å²) in [5, 5.41) is 2.90. The minimum Gasteiger partial charge on any atom is -0.444 e. The number of ether oxygens (including phenoxy) is 2. The van der Waals surface area contributed by atoms with E-state index in [2.05, 4.69) is 19.2 Å². The fourth-order valence-electron chi connectivity index (χ4n) is 3.64. The molecule has 0 spiro atoms. The zero-order chi connectivity index (χ0) is 23.2. The molecule has 0 saturated carbocycles. The normalized spacial score (nSPS) is 21.0. The summed E-state index contributed by atoms with van der Waals surface area (Å²) in [5.74, 6) is 0.372. The average Bonchev–Trinajstić information content (AvgIpc) is 2.88. The van der Waals surface area contributed by atoms with Crippen LogP contribution in [0.1, 0.15) is 60.5 Å². The highest BCUT2D eigenvalue weighted by Crippen LogP contribution is 2.36. The molecule has 2 rings (SSSR count). The maximum atomic E-state index is 13.1. The highest BCUT2D eigenvalue weighted by molar-refractivity contribution is 5.87. The molecule has 2 atom stereocenters. The van der Waals surface area contributed by atoms with Gasteiger partial charge in [0.1, 0.15) is 11.3 Å². The first-order chi connectivity index (χ1) is 14.4. The van der Waals surface area contributed by atoms with Gasteiger partial charge in [0.15, 0.2) is 0 Å². The van der Waals surface area contributed by atoms with Crippen LogP contribution in [0.2, 0.25) is 0 Å². The molecule has 172 valence electrons. The predicted octanol–water partition coefficient (Wildman–Crippen LogP) is 4.69. The number of benzene rings is 1. The lowest BCUT2D eigenvalue weighted by molar-refractivity contribution is -0.116. The molecule has 6 nitrogen and oxygen atoms in total. The van der Waals surface area contributed by atoms with E-state index in [-0.39, 0.29) is 11.9 Å². The van der Waals surface area contributed by atoms with Gasteiger partial charge < -0.3 is 14.8 Å². The molecular weight excluding hydrogens is 392 g/mol. The van der Waals surface area contributed by atoms with Crippen molar-refractivity contribution in [2.45, 2.75) is 84.8 Å². The Labute approximate surface area is 187 Å². The Bertz CT molecular complexity index is 765. The molecule has 1 aliphatic heterocycles. The van der Waals surface area contributed by atoms with Gasteiger partial charge in [-0.25, -0.2) is 4.79 Å². The SMILES string of the molecule is CC(C)CCNC(=O)/C=C/C1OC(C)(C)N(C(=O)OC(C)(C)C)C1Cc1ccccc1. The van der Waals surface area contributed by atoms with E-state index >= 15 is 0 Å². The number of nitrogens with one attached hydrogen (secondary N) is 1. The number of carbonyl (C=O) groups excluding carboxylic acids is 2. The molecule has 1 heterocycles. The van der Waals surface area contributed by atoms with Crippen molar-refractivity contribution in [3.05, 3.63) is 48.0 Å². The Hall–Kier alpha value is -2.34.